The van der Waals surface area contributed by atoms with Crippen LogP contribution in [0.15, 0.2) is 18.3 Å². The Morgan fingerprint density at radius 2 is 2.25 bits per heavy atom. The van der Waals surface area contributed by atoms with Gasteiger partial charge in [0.25, 0.3) is 5.91 Å². The maximum Gasteiger partial charge on any atom is 0.329 e. The van der Waals surface area contributed by atoms with Gasteiger partial charge in [0.1, 0.15) is 5.54 Å². The van der Waals surface area contributed by atoms with E-state index < -0.39 is 23.4 Å². The molecule has 0 saturated heterocycles. The molecule has 1 fully saturated rings. The van der Waals surface area contributed by atoms with Gasteiger partial charge in [0, 0.05) is 6.20 Å². The van der Waals surface area contributed by atoms with Gasteiger partial charge in [-0.25, -0.2) is 9.78 Å². The Morgan fingerprint density at radius 3 is 2.80 bits per heavy atom. The maximum atomic E-state index is 12.7. The SMILES string of the molecule is CC1CCCC(NC(=O)c2ccc(F)nc2)(C(=O)O)C1. The number of carboxylic acid groups (broad SMARTS) is 1. The molecule has 1 aromatic rings. The largest absolute Gasteiger partial charge is 0.480 e. The molecule has 108 valence electrons. The molecule has 0 aromatic carbocycles. The quantitative estimate of drug-likeness (QED) is 0.830. The first-order valence-electron chi connectivity index (χ1n) is 6.60. The number of hydrogen-bond acceptors (Lipinski definition) is 3. The van der Waals surface area contributed by atoms with Crippen molar-refractivity contribution in [1.29, 1.82) is 0 Å². The van der Waals surface area contributed by atoms with E-state index in [1.54, 1.807) is 0 Å². The monoisotopic (exact) mass is 280 g/mol. The van der Waals surface area contributed by atoms with Crippen LogP contribution in [0.25, 0.3) is 0 Å². The average molecular weight is 280 g/mol. The lowest BCUT2D eigenvalue weighted by Crippen LogP contribution is -2.56. The Labute approximate surface area is 116 Å². The van der Waals surface area contributed by atoms with E-state index in [1.807, 2.05) is 6.92 Å². The number of carbonyl (C=O) groups excluding carboxylic acids is 1. The van der Waals surface area contributed by atoms with Crippen molar-refractivity contribution >= 4 is 11.9 Å². The van der Waals surface area contributed by atoms with Crippen LogP contribution in [0, 0.1) is 11.9 Å². The molecule has 0 bridgehead atoms. The lowest BCUT2D eigenvalue weighted by atomic mass is 9.76. The molecule has 1 amide bonds. The van der Waals surface area contributed by atoms with Gasteiger partial charge in [-0.3, -0.25) is 4.79 Å². The standard InChI is InChI=1S/C14H17FN2O3/c1-9-3-2-6-14(7-9,13(19)20)17-12(18)10-4-5-11(15)16-8-10/h4-5,8-9H,2-3,6-7H2,1H3,(H,17,18)(H,19,20). The lowest BCUT2D eigenvalue weighted by Gasteiger charge is -2.37. The third kappa shape index (κ3) is 2.95. The number of hydrogen-bond donors (Lipinski definition) is 2. The summed E-state index contributed by atoms with van der Waals surface area (Å²) in [7, 11) is 0. The summed E-state index contributed by atoms with van der Waals surface area (Å²) in [5, 5.41) is 12.1. The lowest BCUT2D eigenvalue weighted by molar-refractivity contribution is -0.146. The van der Waals surface area contributed by atoms with E-state index in [0.29, 0.717) is 12.8 Å². The normalized spacial score (nSPS) is 26.0. The second-order valence-electron chi connectivity index (χ2n) is 5.41. The average Bonchev–Trinajstić information content (AvgIpc) is 2.39. The van der Waals surface area contributed by atoms with Crippen LogP contribution in [-0.4, -0.2) is 27.5 Å². The molecular formula is C14H17FN2O3. The van der Waals surface area contributed by atoms with Gasteiger partial charge in [0.15, 0.2) is 0 Å². The summed E-state index contributed by atoms with van der Waals surface area (Å²) in [5.74, 6) is -1.99. The number of nitrogens with zero attached hydrogens (tertiary/aromatic N) is 1. The van der Waals surface area contributed by atoms with Crippen LogP contribution in [0.4, 0.5) is 4.39 Å². The van der Waals surface area contributed by atoms with Crippen molar-refractivity contribution < 1.29 is 19.1 Å². The van der Waals surface area contributed by atoms with Gasteiger partial charge >= 0.3 is 5.97 Å². The molecule has 1 aliphatic rings. The fourth-order valence-corrected chi connectivity index (χ4v) is 2.71. The number of halogens is 1. The fraction of sp³-hybridized carbons (Fsp3) is 0.500. The summed E-state index contributed by atoms with van der Waals surface area (Å²) < 4.78 is 12.7. The van der Waals surface area contributed by atoms with Crippen molar-refractivity contribution in [3.8, 4) is 0 Å². The van der Waals surface area contributed by atoms with E-state index in [0.717, 1.165) is 25.1 Å². The van der Waals surface area contributed by atoms with Gasteiger partial charge in [0.05, 0.1) is 5.56 Å². The number of aromatic nitrogens is 1. The molecule has 1 aromatic heterocycles. The first kappa shape index (κ1) is 14.4. The Balaban J connectivity index is 2.18. The minimum atomic E-state index is -1.23. The number of carboxylic acids is 1. The highest BCUT2D eigenvalue weighted by molar-refractivity contribution is 5.97. The van der Waals surface area contributed by atoms with E-state index in [9.17, 15) is 19.1 Å². The molecule has 0 spiro atoms. The van der Waals surface area contributed by atoms with Crippen molar-refractivity contribution in [2.24, 2.45) is 5.92 Å². The summed E-state index contributed by atoms with van der Waals surface area (Å²) >= 11 is 0. The molecule has 0 aliphatic heterocycles. The number of amides is 1. The van der Waals surface area contributed by atoms with Crippen LogP contribution in [0.3, 0.4) is 0 Å². The molecule has 5 nitrogen and oxygen atoms in total. The predicted molar refractivity (Wildman–Crippen MR) is 69.7 cm³/mol. The van der Waals surface area contributed by atoms with Crippen molar-refractivity contribution in [3.05, 3.63) is 29.8 Å². The van der Waals surface area contributed by atoms with E-state index in [4.69, 9.17) is 0 Å². The van der Waals surface area contributed by atoms with Gasteiger partial charge in [-0.1, -0.05) is 19.8 Å². The van der Waals surface area contributed by atoms with E-state index in [-0.39, 0.29) is 11.5 Å². The van der Waals surface area contributed by atoms with Crippen LogP contribution in [0.5, 0.6) is 0 Å². The van der Waals surface area contributed by atoms with E-state index >= 15 is 0 Å². The number of aliphatic carboxylic acids is 1. The molecule has 2 rings (SSSR count). The summed E-state index contributed by atoms with van der Waals surface area (Å²) in [5.41, 5.74) is -1.08. The smallest absolute Gasteiger partial charge is 0.329 e. The van der Waals surface area contributed by atoms with E-state index in [1.165, 1.54) is 6.07 Å². The molecule has 0 radical (unpaired) electrons. The van der Waals surface area contributed by atoms with Crippen LogP contribution < -0.4 is 5.32 Å². The summed E-state index contributed by atoms with van der Waals surface area (Å²) in [6.07, 6.45) is 3.64. The zero-order valence-electron chi connectivity index (χ0n) is 11.2. The summed E-state index contributed by atoms with van der Waals surface area (Å²) in [4.78, 5) is 27.1. The van der Waals surface area contributed by atoms with Crippen molar-refractivity contribution in [2.75, 3.05) is 0 Å². The molecule has 2 atom stereocenters. The number of carbonyl (C=O) groups is 2. The van der Waals surface area contributed by atoms with Crippen LogP contribution in [0.1, 0.15) is 43.0 Å². The molecule has 2 N–H and O–H groups in total. The molecule has 1 aliphatic carbocycles. The van der Waals surface area contributed by atoms with Gasteiger partial charge in [-0.15, -0.1) is 0 Å². The summed E-state index contributed by atoms with van der Waals surface area (Å²) in [6.45, 7) is 1.97. The van der Waals surface area contributed by atoms with Crippen LogP contribution >= 0.6 is 0 Å². The highest BCUT2D eigenvalue weighted by Gasteiger charge is 2.43. The highest BCUT2D eigenvalue weighted by atomic mass is 19.1. The number of nitrogens with one attached hydrogen (secondary N) is 1. The Kier molecular flexibility index (Phi) is 4.01. The highest BCUT2D eigenvalue weighted by Crippen LogP contribution is 2.32. The zero-order chi connectivity index (χ0) is 14.8. The van der Waals surface area contributed by atoms with Crippen molar-refractivity contribution in [3.63, 3.8) is 0 Å². The fourth-order valence-electron chi connectivity index (χ4n) is 2.71. The summed E-state index contributed by atoms with van der Waals surface area (Å²) in [6, 6.07) is 2.37. The van der Waals surface area contributed by atoms with Crippen molar-refractivity contribution in [1.82, 2.24) is 10.3 Å². The Morgan fingerprint density at radius 1 is 1.50 bits per heavy atom. The van der Waals surface area contributed by atoms with Crippen LogP contribution in [0.2, 0.25) is 0 Å². The molecule has 1 saturated carbocycles. The first-order valence-corrected chi connectivity index (χ1v) is 6.60. The molecular weight excluding hydrogens is 263 g/mol. The second kappa shape index (κ2) is 5.56. The van der Waals surface area contributed by atoms with Gasteiger partial charge in [-0.05, 0) is 30.9 Å². The van der Waals surface area contributed by atoms with Gasteiger partial charge in [0.2, 0.25) is 5.95 Å². The first-order chi connectivity index (χ1) is 9.43. The predicted octanol–water partition coefficient (Wildman–Crippen LogP) is 1.98. The molecule has 1 heterocycles. The maximum absolute atomic E-state index is 12.7. The topological polar surface area (TPSA) is 79.3 Å². The molecule has 20 heavy (non-hydrogen) atoms. The van der Waals surface area contributed by atoms with Crippen LogP contribution in [-0.2, 0) is 4.79 Å². The minimum absolute atomic E-state index is 0.158. The van der Waals surface area contributed by atoms with Gasteiger partial charge < -0.3 is 10.4 Å². The zero-order valence-corrected chi connectivity index (χ0v) is 11.2. The third-order valence-corrected chi connectivity index (χ3v) is 3.75. The number of pyridine rings is 1. The minimum Gasteiger partial charge on any atom is -0.480 e. The number of rotatable bonds is 3. The Bertz CT molecular complexity index is 518. The second-order valence-corrected chi connectivity index (χ2v) is 5.41. The Hall–Kier alpha value is -1.98. The molecule has 2 unspecified atom stereocenters. The van der Waals surface area contributed by atoms with E-state index in [2.05, 4.69) is 10.3 Å². The van der Waals surface area contributed by atoms with Gasteiger partial charge in [-0.2, -0.15) is 4.39 Å². The molecule has 6 heteroatoms. The van der Waals surface area contributed by atoms with Crippen molar-refractivity contribution in [2.45, 2.75) is 38.1 Å². The third-order valence-electron chi connectivity index (χ3n) is 3.75.